The molecule has 0 bridgehead atoms. The molecule has 3 heterocycles. The molecule has 8 heteroatoms. The Kier molecular flexibility index (Phi) is 4.54. The zero-order chi connectivity index (χ0) is 17.1. The van der Waals surface area contributed by atoms with E-state index in [0.29, 0.717) is 26.2 Å². The molecule has 0 aromatic carbocycles. The van der Waals surface area contributed by atoms with E-state index >= 15 is 0 Å². The van der Waals surface area contributed by atoms with Crippen LogP contribution in [0.3, 0.4) is 0 Å². The summed E-state index contributed by atoms with van der Waals surface area (Å²) in [6.07, 6.45) is 4.41. The average molecular weight is 328 g/mol. The van der Waals surface area contributed by atoms with Crippen LogP contribution in [-0.2, 0) is 24.4 Å². The van der Waals surface area contributed by atoms with Crippen molar-refractivity contribution in [2.75, 3.05) is 6.54 Å². The third-order valence-electron chi connectivity index (χ3n) is 3.88. The first-order valence-corrected chi connectivity index (χ1v) is 7.93. The van der Waals surface area contributed by atoms with Gasteiger partial charge in [0.15, 0.2) is 0 Å². The predicted octanol–water partition coefficient (Wildman–Crippen LogP) is 0.601. The first-order valence-electron chi connectivity index (χ1n) is 7.93. The van der Waals surface area contributed by atoms with Crippen molar-refractivity contribution in [3.63, 3.8) is 0 Å². The number of carbonyl (C=O) groups is 2. The summed E-state index contributed by atoms with van der Waals surface area (Å²) in [6.45, 7) is 6.02. The normalized spacial score (nSPS) is 13.7. The van der Waals surface area contributed by atoms with E-state index in [0.717, 1.165) is 11.4 Å². The maximum absolute atomic E-state index is 12.1. The fourth-order valence-electron chi connectivity index (χ4n) is 2.64. The van der Waals surface area contributed by atoms with E-state index in [1.165, 1.54) is 18.6 Å². The monoisotopic (exact) mass is 328 g/mol. The number of rotatable bonds is 4. The number of fused-ring (bicyclic) bond motifs is 1. The third-order valence-corrected chi connectivity index (χ3v) is 3.88. The Morgan fingerprint density at radius 3 is 2.83 bits per heavy atom. The Morgan fingerprint density at radius 1 is 1.29 bits per heavy atom. The number of aromatic nitrogens is 4. The van der Waals surface area contributed by atoms with Crippen molar-refractivity contribution in [3.8, 4) is 0 Å². The molecule has 1 N–H and O–H groups in total. The lowest BCUT2D eigenvalue weighted by atomic mass is 10.1. The van der Waals surface area contributed by atoms with Crippen LogP contribution in [0.1, 0.15) is 35.7 Å². The van der Waals surface area contributed by atoms with Gasteiger partial charge in [-0.2, -0.15) is 5.10 Å². The molecule has 0 unspecified atom stereocenters. The Labute approximate surface area is 139 Å². The lowest BCUT2D eigenvalue weighted by Gasteiger charge is -2.29. The highest BCUT2D eigenvalue weighted by molar-refractivity contribution is 5.91. The molecule has 0 atom stereocenters. The molecule has 2 aromatic rings. The SMILES string of the molecule is CC(C)C(=O)N1CCn2nc(CNC(=O)c3cnccn3)cc2C1. The van der Waals surface area contributed by atoms with Crippen LogP contribution in [0, 0.1) is 5.92 Å². The van der Waals surface area contributed by atoms with Gasteiger partial charge in [0, 0.05) is 24.9 Å². The van der Waals surface area contributed by atoms with Gasteiger partial charge in [0.25, 0.3) is 5.91 Å². The Balaban J connectivity index is 1.62. The van der Waals surface area contributed by atoms with Gasteiger partial charge in [-0.05, 0) is 6.07 Å². The summed E-state index contributed by atoms with van der Waals surface area (Å²) >= 11 is 0. The highest BCUT2D eigenvalue weighted by Gasteiger charge is 2.23. The number of hydrogen-bond acceptors (Lipinski definition) is 5. The van der Waals surface area contributed by atoms with Crippen LogP contribution >= 0.6 is 0 Å². The van der Waals surface area contributed by atoms with Crippen LogP contribution < -0.4 is 5.32 Å². The van der Waals surface area contributed by atoms with Crippen LogP contribution in [0.5, 0.6) is 0 Å². The molecule has 1 aliphatic heterocycles. The first-order chi connectivity index (χ1) is 11.5. The molecular formula is C16H20N6O2. The minimum atomic E-state index is -0.286. The number of nitrogens with one attached hydrogen (secondary N) is 1. The minimum absolute atomic E-state index is 0.00906. The van der Waals surface area contributed by atoms with E-state index in [9.17, 15) is 9.59 Å². The second-order valence-corrected chi connectivity index (χ2v) is 6.04. The van der Waals surface area contributed by atoms with Crippen molar-refractivity contribution in [1.29, 1.82) is 0 Å². The Morgan fingerprint density at radius 2 is 2.12 bits per heavy atom. The highest BCUT2D eigenvalue weighted by Crippen LogP contribution is 2.16. The summed E-state index contributed by atoms with van der Waals surface area (Å²) in [5.41, 5.74) is 2.02. The molecule has 0 fully saturated rings. The Bertz CT molecular complexity index is 740. The lowest BCUT2D eigenvalue weighted by molar-refractivity contribution is -0.136. The Hall–Kier alpha value is -2.77. The lowest BCUT2D eigenvalue weighted by Crippen LogP contribution is -2.40. The summed E-state index contributed by atoms with van der Waals surface area (Å²) in [6, 6.07) is 1.93. The van der Waals surface area contributed by atoms with Crippen molar-refractivity contribution >= 4 is 11.8 Å². The molecule has 3 rings (SSSR count). The van der Waals surface area contributed by atoms with E-state index < -0.39 is 0 Å². The zero-order valence-electron chi connectivity index (χ0n) is 13.8. The molecule has 24 heavy (non-hydrogen) atoms. The summed E-state index contributed by atoms with van der Waals surface area (Å²) in [5.74, 6) is -0.143. The molecule has 0 spiro atoms. The minimum Gasteiger partial charge on any atom is -0.345 e. The molecule has 126 valence electrons. The largest absolute Gasteiger partial charge is 0.345 e. The summed E-state index contributed by atoms with van der Waals surface area (Å²) < 4.78 is 1.90. The fourth-order valence-corrected chi connectivity index (χ4v) is 2.64. The van der Waals surface area contributed by atoms with Crippen LogP contribution in [0.25, 0.3) is 0 Å². The van der Waals surface area contributed by atoms with Gasteiger partial charge < -0.3 is 10.2 Å². The molecule has 2 amide bonds. The number of hydrogen-bond donors (Lipinski definition) is 1. The van der Waals surface area contributed by atoms with Gasteiger partial charge >= 0.3 is 0 Å². The van der Waals surface area contributed by atoms with Crippen LogP contribution in [0.2, 0.25) is 0 Å². The average Bonchev–Trinajstić information content (AvgIpc) is 3.01. The van der Waals surface area contributed by atoms with Gasteiger partial charge in [0.05, 0.1) is 37.2 Å². The molecule has 1 aliphatic rings. The van der Waals surface area contributed by atoms with Crippen molar-refractivity contribution in [3.05, 3.63) is 41.7 Å². The molecule has 0 radical (unpaired) electrons. The van der Waals surface area contributed by atoms with Crippen molar-refractivity contribution in [1.82, 2.24) is 30.0 Å². The second kappa shape index (κ2) is 6.77. The summed E-state index contributed by atoms with van der Waals surface area (Å²) in [4.78, 5) is 33.8. The maximum Gasteiger partial charge on any atom is 0.271 e. The van der Waals surface area contributed by atoms with Crippen LogP contribution in [0.15, 0.2) is 24.7 Å². The van der Waals surface area contributed by atoms with Gasteiger partial charge in [-0.15, -0.1) is 0 Å². The van der Waals surface area contributed by atoms with Crippen LogP contribution in [-0.4, -0.2) is 43.0 Å². The van der Waals surface area contributed by atoms with Gasteiger partial charge in [0.1, 0.15) is 5.69 Å². The smallest absolute Gasteiger partial charge is 0.271 e. The maximum atomic E-state index is 12.1. The van der Waals surface area contributed by atoms with Crippen molar-refractivity contribution in [2.45, 2.75) is 33.5 Å². The van der Waals surface area contributed by atoms with E-state index in [-0.39, 0.29) is 23.4 Å². The van der Waals surface area contributed by atoms with E-state index in [4.69, 9.17) is 0 Å². The molecule has 8 nitrogen and oxygen atoms in total. The topological polar surface area (TPSA) is 93.0 Å². The van der Waals surface area contributed by atoms with Gasteiger partial charge in [-0.1, -0.05) is 13.8 Å². The van der Waals surface area contributed by atoms with Gasteiger partial charge in [-0.25, -0.2) is 4.98 Å². The number of nitrogens with zero attached hydrogens (tertiary/aromatic N) is 5. The van der Waals surface area contributed by atoms with Crippen molar-refractivity contribution in [2.24, 2.45) is 5.92 Å². The third kappa shape index (κ3) is 3.42. The van der Waals surface area contributed by atoms with Crippen molar-refractivity contribution < 1.29 is 9.59 Å². The predicted molar refractivity (Wildman–Crippen MR) is 85.7 cm³/mol. The van der Waals surface area contributed by atoms with E-state index in [1.807, 2.05) is 29.5 Å². The van der Waals surface area contributed by atoms with E-state index in [1.54, 1.807) is 0 Å². The fraction of sp³-hybridized carbons (Fsp3) is 0.438. The zero-order valence-corrected chi connectivity index (χ0v) is 13.8. The molecule has 0 saturated carbocycles. The number of carbonyl (C=O) groups excluding carboxylic acids is 2. The summed E-state index contributed by atoms with van der Waals surface area (Å²) in [5, 5.41) is 7.26. The van der Waals surface area contributed by atoms with Gasteiger partial charge in [0.2, 0.25) is 5.91 Å². The standard InChI is InChI=1S/C16H20N6O2/c1-11(2)16(24)21-5-6-22-13(10-21)7-12(20-22)8-19-15(23)14-9-17-3-4-18-14/h3-4,7,9,11H,5-6,8,10H2,1-2H3,(H,19,23). The molecule has 0 aliphatic carbocycles. The van der Waals surface area contributed by atoms with Crippen LogP contribution in [0.4, 0.5) is 0 Å². The second-order valence-electron chi connectivity index (χ2n) is 6.04. The highest BCUT2D eigenvalue weighted by atomic mass is 16.2. The van der Waals surface area contributed by atoms with E-state index in [2.05, 4.69) is 20.4 Å². The molecule has 0 saturated heterocycles. The quantitative estimate of drug-likeness (QED) is 0.887. The summed E-state index contributed by atoms with van der Waals surface area (Å²) in [7, 11) is 0. The molecule has 2 aromatic heterocycles. The van der Waals surface area contributed by atoms with Gasteiger partial charge in [-0.3, -0.25) is 19.3 Å². The number of amides is 2. The first kappa shape index (κ1) is 16.1. The molecular weight excluding hydrogens is 308 g/mol.